The van der Waals surface area contributed by atoms with Gasteiger partial charge < -0.3 is 18.9 Å². The number of hydrogen-bond donors (Lipinski definition) is 1. The third-order valence-electron chi connectivity index (χ3n) is 7.66. The number of benzene rings is 2. The molecule has 2 fully saturated rings. The first-order chi connectivity index (χ1) is 22.1. The molecule has 14 nitrogen and oxygen atoms in total. The lowest BCUT2D eigenvalue weighted by Crippen LogP contribution is -2.31. The van der Waals surface area contributed by atoms with E-state index < -0.39 is 20.0 Å². The standard InChI is InChI=1S/C23H27N3O5S.C7H11N3O3S/c1-29-21-7-3-18(4-8-21)15-25(16-19-5-9-22(30-2)10-6-19)32(27,28)23-11-13-26(24-23)20-12-14-31-17-20;8-14(11,12)7-1-3-10(9-7)6-2-4-13-5-6/h3-11,13,20H,12,14-17H2,1-2H3;1,3,6H,2,4-5H2,(H2,8,11,12). The highest BCUT2D eigenvalue weighted by atomic mass is 32.2. The predicted octanol–water partition coefficient (Wildman–Crippen LogP) is 2.74. The maximum atomic E-state index is 13.6. The maximum absolute atomic E-state index is 13.6. The normalized spacial score (nSPS) is 18.3. The number of sulfonamides is 2. The Morgan fingerprint density at radius 2 is 1.17 bits per heavy atom. The molecular weight excluding hydrogens is 636 g/mol. The van der Waals surface area contributed by atoms with Crippen LogP contribution in [0.2, 0.25) is 0 Å². The van der Waals surface area contributed by atoms with Gasteiger partial charge in [0.1, 0.15) is 11.5 Å². The fourth-order valence-electron chi connectivity index (χ4n) is 5.03. The van der Waals surface area contributed by atoms with E-state index >= 15 is 0 Å². The predicted molar refractivity (Wildman–Crippen MR) is 167 cm³/mol. The monoisotopic (exact) mass is 674 g/mol. The lowest BCUT2D eigenvalue weighted by molar-refractivity contribution is 0.184. The second-order valence-electron chi connectivity index (χ2n) is 10.8. The van der Waals surface area contributed by atoms with Gasteiger partial charge in [0.15, 0.2) is 10.1 Å². The number of rotatable bonds is 11. The third kappa shape index (κ3) is 8.31. The average Bonchev–Trinajstić information content (AvgIpc) is 3.88. The molecule has 2 unspecified atom stereocenters. The van der Waals surface area contributed by atoms with Crippen LogP contribution < -0.4 is 14.6 Å². The molecule has 2 N–H and O–H groups in total. The fourth-order valence-corrected chi connectivity index (χ4v) is 6.82. The number of aromatic nitrogens is 4. The van der Waals surface area contributed by atoms with Crippen molar-refractivity contribution in [1.82, 2.24) is 23.9 Å². The van der Waals surface area contributed by atoms with Gasteiger partial charge in [-0.05, 0) is 60.4 Å². The summed E-state index contributed by atoms with van der Waals surface area (Å²) in [6.07, 6.45) is 5.00. The second-order valence-corrected chi connectivity index (χ2v) is 14.2. The van der Waals surface area contributed by atoms with Gasteiger partial charge in [0, 0.05) is 38.7 Å². The fraction of sp³-hybridized carbons (Fsp3) is 0.400. The Morgan fingerprint density at radius 1 is 0.739 bits per heavy atom. The van der Waals surface area contributed by atoms with Crippen LogP contribution in [-0.4, -0.2) is 81.3 Å². The number of methoxy groups -OCH3 is 2. The molecule has 2 aliphatic heterocycles. The zero-order chi connectivity index (χ0) is 32.7. The van der Waals surface area contributed by atoms with Gasteiger partial charge in [0.25, 0.3) is 20.0 Å². The average molecular weight is 675 g/mol. The number of nitrogens with two attached hydrogens (primary N) is 1. The van der Waals surface area contributed by atoms with Crippen molar-refractivity contribution in [3.63, 3.8) is 0 Å². The summed E-state index contributed by atoms with van der Waals surface area (Å²) in [5.41, 5.74) is 1.71. The lowest BCUT2D eigenvalue weighted by Gasteiger charge is -2.22. The van der Waals surface area contributed by atoms with Crippen LogP contribution in [-0.2, 0) is 42.6 Å². The van der Waals surface area contributed by atoms with Crippen molar-refractivity contribution in [2.24, 2.45) is 5.14 Å². The van der Waals surface area contributed by atoms with Crippen LogP contribution in [0.15, 0.2) is 83.1 Å². The van der Waals surface area contributed by atoms with Gasteiger partial charge in [-0.1, -0.05) is 24.3 Å². The molecule has 0 aliphatic carbocycles. The van der Waals surface area contributed by atoms with Crippen LogP contribution in [0.25, 0.3) is 0 Å². The van der Waals surface area contributed by atoms with E-state index in [9.17, 15) is 16.8 Å². The van der Waals surface area contributed by atoms with E-state index in [1.165, 1.54) is 10.4 Å². The molecule has 0 saturated carbocycles. The summed E-state index contributed by atoms with van der Waals surface area (Å²) < 4.78 is 74.8. The summed E-state index contributed by atoms with van der Waals surface area (Å²) in [7, 11) is -4.33. The highest BCUT2D eigenvalue weighted by Gasteiger charge is 2.29. The van der Waals surface area contributed by atoms with E-state index in [1.807, 2.05) is 48.5 Å². The van der Waals surface area contributed by atoms with Crippen LogP contribution in [0.1, 0.15) is 36.1 Å². The number of primary sulfonamides is 1. The molecule has 4 aromatic rings. The Kier molecular flexibility index (Phi) is 10.8. The molecule has 248 valence electrons. The molecular formula is C30H38N6O8S2. The first kappa shape index (κ1) is 33.6. The third-order valence-corrected chi connectivity index (χ3v) is 10.1. The zero-order valence-corrected chi connectivity index (χ0v) is 27.3. The molecule has 6 rings (SSSR count). The zero-order valence-electron chi connectivity index (χ0n) is 25.6. The van der Waals surface area contributed by atoms with Crippen LogP contribution >= 0.6 is 0 Å². The largest absolute Gasteiger partial charge is 0.497 e. The SMILES string of the molecule is COc1ccc(CN(Cc2ccc(OC)cc2)S(=O)(=O)c2ccn(C3CCOC3)n2)cc1.NS(=O)(=O)c1ccn(C2CCOC2)n1. The molecule has 16 heteroatoms. The van der Waals surface area contributed by atoms with Crippen LogP contribution in [0.5, 0.6) is 11.5 Å². The molecule has 2 aromatic heterocycles. The van der Waals surface area contributed by atoms with Gasteiger partial charge in [0.05, 0.1) is 39.5 Å². The van der Waals surface area contributed by atoms with Crippen LogP contribution in [0.3, 0.4) is 0 Å². The van der Waals surface area contributed by atoms with Crippen molar-refractivity contribution >= 4 is 20.0 Å². The van der Waals surface area contributed by atoms with Gasteiger partial charge in [-0.25, -0.2) is 22.0 Å². The highest BCUT2D eigenvalue weighted by molar-refractivity contribution is 7.89. The Hall–Kier alpha value is -3.80. The minimum absolute atomic E-state index is 0.0337. The van der Waals surface area contributed by atoms with Crippen molar-refractivity contribution in [2.75, 3.05) is 40.6 Å². The summed E-state index contributed by atoms with van der Waals surface area (Å²) in [5, 5.41) is 13.2. The van der Waals surface area contributed by atoms with Crippen molar-refractivity contribution in [3.8, 4) is 11.5 Å². The van der Waals surface area contributed by atoms with Crippen molar-refractivity contribution < 1.29 is 35.8 Å². The van der Waals surface area contributed by atoms with E-state index in [2.05, 4.69) is 10.2 Å². The minimum Gasteiger partial charge on any atom is -0.497 e. The van der Waals surface area contributed by atoms with E-state index in [0.717, 1.165) is 35.5 Å². The van der Waals surface area contributed by atoms with E-state index in [1.54, 1.807) is 42.0 Å². The summed E-state index contributed by atoms with van der Waals surface area (Å²) in [6, 6.07) is 17.9. The lowest BCUT2D eigenvalue weighted by atomic mass is 10.2. The smallest absolute Gasteiger partial charge is 0.262 e. The summed E-state index contributed by atoms with van der Waals surface area (Å²) in [4.78, 5) is 0. The van der Waals surface area contributed by atoms with Gasteiger partial charge in [-0.15, -0.1) is 0 Å². The van der Waals surface area contributed by atoms with Gasteiger partial charge in [0.2, 0.25) is 0 Å². The Bertz CT molecular complexity index is 1730. The molecule has 2 aromatic carbocycles. The topological polar surface area (TPSA) is 170 Å². The molecule has 0 radical (unpaired) electrons. The molecule has 0 amide bonds. The molecule has 2 atom stereocenters. The minimum atomic E-state index is -3.84. The van der Waals surface area contributed by atoms with Crippen molar-refractivity contribution in [1.29, 1.82) is 0 Å². The van der Waals surface area contributed by atoms with E-state index in [0.29, 0.717) is 26.4 Å². The number of hydrogen-bond acceptors (Lipinski definition) is 10. The first-order valence-corrected chi connectivity index (χ1v) is 17.6. The quantitative estimate of drug-likeness (QED) is 0.250. The van der Waals surface area contributed by atoms with Crippen LogP contribution in [0.4, 0.5) is 0 Å². The van der Waals surface area contributed by atoms with Crippen LogP contribution in [0, 0.1) is 0 Å². The van der Waals surface area contributed by atoms with E-state index in [4.69, 9.17) is 24.1 Å². The van der Waals surface area contributed by atoms with Gasteiger partial charge in [-0.3, -0.25) is 9.36 Å². The Labute approximate surface area is 268 Å². The number of nitrogens with zero attached hydrogens (tertiary/aromatic N) is 5. The van der Waals surface area contributed by atoms with E-state index in [-0.39, 0.29) is 35.2 Å². The Morgan fingerprint density at radius 3 is 1.54 bits per heavy atom. The first-order valence-electron chi connectivity index (χ1n) is 14.6. The summed E-state index contributed by atoms with van der Waals surface area (Å²) >= 11 is 0. The Balaban J connectivity index is 0.000000247. The number of ether oxygens (including phenoxy) is 4. The maximum Gasteiger partial charge on any atom is 0.262 e. The second kappa shape index (κ2) is 14.7. The molecule has 2 saturated heterocycles. The summed E-state index contributed by atoms with van der Waals surface area (Å²) in [5.74, 6) is 1.44. The molecule has 0 spiro atoms. The van der Waals surface area contributed by atoms with Crippen molar-refractivity contribution in [3.05, 3.63) is 84.2 Å². The van der Waals surface area contributed by atoms with Gasteiger partial charge in [-0.2, -0.15) is 14.5 Å². The van der Waals surface area contributed by atoms with Gasteiger partial charge >= 0.3 is 0 Å². The van der Waals surface area contributed by atoms with Crippen molar-refractivity contribution in [2.45, 2.75) is 48.1 Å². The highest BCUT2D eigenvalue weighted by Crippen LogP contribution is 2.25. The molecule has 4 heterocycles. The molecule has 46 heavy (non-hydrogen) atoms. The molecule has 2 aliphatic rings. The molecule has 0 bridgehead atoms. The summed E-state index contributed by atoms with van der Waals surface area (Å²) in [6.45, 7) is 2.88.